The quantitative estimate of drug-likeness (QED) is 0.156. The Kier molecular flexibility index (Phi) is 8.53. The molecule has 0 aliphatic carbocycles. The maximum Gasteiger partial charge on any atom is 0.573 e. The predicted octanol–water partition coefficient (Wildman–Crippen LogP) is 5.70. The minimum atomic E-state index is -4.89. The van der Waals surface area contributed by atoms with Crippen LogP contribution in [0.2, 0.25) is 0 Å². The maximum atomic E-state index is 13.3. The van der Waals surface area contributed by atoms with E-state index in [9.17, 15) is 27.9 Å². The van der Waals surface area contributed by atoms with Crippen molar-refractivity contribution in [1.29, 1.82) is 0 Å². The molecule has 40 heavy (non-hydrogen) atoms. The molecule has 1 atom stereocenters. The number of amides is 1. The number of alkyl halides is 3. The maximum absolute atomic E-state index is 13.3. The fourth-order valence-corrected chi connectivity index (χ4v) is 4.35. The van der Waals surface area contributed by atoms with Gasteiger partial charge < -0.3 is 14.6 Å². The Morgan fingerprint density at radius 1 is 1.00 bits per heavy atom. The van der Waals surface area contributed by atoms with Crippen molar-refractivity contribution in [2.24, 2.45) is 0 Å². The largest absolute Gasteiger partial charge is 0.573 e. The molecule has 0 spiro atoms. The normalized spacial score (nSPS) is 17.1. The number of carbonyl (C=O) groups excluding carboxylic acids is 2. The summed E-state index contributed by atoms with van der Waals surface area (Å²) in [5.74, 6) is -2.55. The fourth-order valence-electron chi connectivity index (χ4n) is 4.35. The zero-order chi connectivity index (χ0) is 29.0. The lowest BCUT2D eigenvalue weighted by Crippen LogP contribution is -2.30. The van der Waals surface area contributed by atoms with Gasteiger partial charge in [0.05, 0.1) is 23.9 Å². The van der Waals surface area contributed by atoms with Gasteiger partial charge in [-0.1, -0.05) is 50.2 Å². The lowest BCUT2D eigenvalue weighted by atomic mass is 9.94. The molecule has 0 saturated carbocycles. The molecule has 8 nitrogen and oxygen atoms in total. The predicted molar refractivity (Wildman–Crippen MR) is 141 cm³/mol. The zero-order valence-corrected chi connectivity index (χ0v) is 22.1. The van der Waals surface area contributed by atoms with Crippen molar-refractivity contribution >= 4 is 23.3 Å². The number of carbonyl (C=O) groups is 2. The van der Waals surface area contributed by atoms with E-state index < -0.39 is 35.6 Å². The van der Waals surface area contributed by atoms with E-state index in [0.29, 0.717) is 30.9 Å². The first-order valence-corrected chi connectivity index (χ1v) is 12.7. The average Bonchev–Trinajstić information content (AvgIpc) is 3.18. The SMILES string of the molecule is CCOCCc1ccc(N2C(=O)C(=O)C(=C(O)c3ccc(C(C)C)cc3)C2c2ccc(OC(F)(F)F)cc2)nn1. The van der Waals surface area contributed by atoms with Crippen LogP contribution in [0.3, 0.4) is 0 Å². The van der Waals surface area contributed by atoms with Crippen LogP contribution in [0.4, 0.5) is 19.0 Å². The number of anilines is 1. The summed E-state index contributed by atoms with van der Waals surface area (Å²) in [5.41, 5.74) is 1.95. The van der Waals surface area contributed by atoms with Gasteiger partial charge in [-0.2, -0.15) is 5.10 Å². The van der Waals surface area contributed by atoms with Gasteiger partial charge >= 0.3 is 12.3 Å². The number of aromatic nitrogens is 2. The van der Waals surface area contributed by atoms with Gasteiger partial charge in [-0.25, -0.2) is 0 Å². The van der Waals surface area contributed by atoms with E-state index in [0.717, 1.165) is 22.6 Å². The number of Topliss-reactive ketones (excluding diaryl/α,β-unsaturated/α-hetero) is 1. The number of aliphatic hydroxyl groups excluding tert-OH is 1. The first kappa shape index (κ1) is 28.8. The van der Waals surface area contributed by atoms with Crippen molar-refractivity contribution in [3.05, 3.63) is 88.6 Å². The fraction of sp³-hybridized carbons (Fsp3) is 0.310. The molecule has 4 rings (SSSR count). The molecule has 2 aromatic carbocycles. The molecular formula is C29H28F3N3O5. The summed E-state index contributed by atoms with van der Waals surface area (Å²) in [5, 5.41) is 19.5. The third kappa shape index (κ3) is 6.31. The monoisotopic (exact) mass is 555 g/mol. The summed E-state index contributed by atoms with van der Waals surface area (Å²) in [4.78, 5) is 27.7. The standard InChI is InChI=1S/C29H28F3N3O5/c1-4-39-16-15-21-11-14-23(34-33-21)35-25(19-9-12-22(13-10-19)40-29(30,31)32)24(27(37)28(35)38)26(36)20-7-5-18(6-8-20)17(2)3/h5-14,17,25,36H,4,15-16H2,1-3H3. The van der Waals surface area contributed by atoms with Crippen LogP contribution >= 0.6 is 0 Å². The number of halogens is 3. The molecule has 1 aliphatic rings. The second kappa shape index (κ2) is 11.9. The molecule has 1 N–H and O–H groups in total. The van der Waals surface area contributed by atoms with E-state index in [1.54, 1.807) is 30.3 Å². The third-order valence-electron chi connectivity index (χ3n) is 6.38. The molecule has 0 bridgehead atoms. The summed E-state index contributed by atoms with van der Waals surface area (Å²) in [6, 6.07) is 13.6. The van der Waals surface area contributed by atoms with E-state index in [4.69, 9.17) is 4.74 Å². The Morgan fingerprint density at radius 3 is 2.23 bits per heavy atom. The van der Waals surface area contributed by atoms with Crippen LogP contribution in [-0.4, -0.2) is 46.6 Å². The molecule has 3 aromatic rings. The molecule has 1 amide bonds. The smallest absolute Gasteiger partial charge is 0.507 e. The van der Waals surface area contributed by atoms with Gasteiger partial charge in [-0.3, -0.25) is 14.5 Å². The number of rotatable bonds is 9. The van der Waals surface area contributed by atoms with E-state index in [1.807, 2.05) is 20.8 Å². The number of nitrogens with zero attached hydrogens (tertiary/aromatic N) is 3. The number of ether oxygens (including phenoxy) is 2. The highest BCUT2D eigenvalue weighted by Crippen LogP contribution is 2.42. The van der Waals surface area contributed by atoms with Crippen LogP contribution in [0.5, 0.6) is 5.75 Å². The molecule has 1 unspecified atom stereocenters. The van der Waals surface area contributed by atoms with Crippen molar-refractivity contribution in [1.82, 2.24) is 10.2 Å². The van der Waals surface area contributed by atoms with Crippen molar-refractivity contribution < 1.29 is 37.3 Å². The molecule has 1 saturated heterocycles. The van der Waals surface area contributed by atoms with Crippen LogP contribution in [0, 0.1) is 0 Å². The summed E-state index contributed by atoms with van der Waals surface area (Å²) < 4.78 is 47.4. The molecule has 2 heterocycles. The third-order valence-corrected chi connectivity index (χ3v) is 6.38. The Labute approximate surface area is 229 Å². The Balaban J connectivity index is 1.79. The van der Waals surface area contributed by atoms with Crippen molar-refractivity contribution in [2.45, 2.75) is 45.5 Å². The van der Waals surface area contributed by atoms with Crippen molar-refractivity contribution in [2.75, 3.05) is 18.1 Å². The van der Waals surface area contributed by atoms with Gasteiger partial charge in [0.15, 0.2) is 5.82 Å². The van der Waals surface area contributed by atoms with E-state index in [1.165, 1.54) is 18.2 Å². The molecule has 1 fully saturated rings. The van der Waals surface area contributed by atoms with Gasteiger partial charge in [0.2, 0.25) is 0 Å². The topological polar surface area (TPSA) is 102 Å². The van der Waals surface area contributed by atoms with Gasteiger partial charge in [0.1, 0.15) is 11.5 Å². The first-order valence-electron chi connectivity index (χ1n) is 12.7. The van der Waals surface area contributed by atoms with E-state index in [2.05, 4.69) is 14.9 Å². The highest BCUT2D eigenvalue weighted by molar-refractivity contribution is 6.51. The minimum absolute atomic E-state index is 0.0390. The van der Waals surface area contributed by atoms with E-state index >= 15 is 0 Å². The summed E-state index contributed by atoms with van der Waals surface area (Å²) in [6.07, 6.45) is -4.41. The summed E-state index contributed by atoms with van der Waals surface area (Å²) in [7, 11) is 0. The van der Waals surface area contributed by atoms with Gasteiger partial charge in [-0.15, -0.1) is 18.3 Å². The molecular weight excluding hydrogens is 527 g/mol. The van der Waals surface area contributed by atoms with Gasteiger partial charge in [0, 0.05) is 18.6 Å². The highest BCUT2D eigenvalue weighted by atomic mass is 19.4. The number of hydrogen-bond acceptors (Lipinski definition) is 7. The number of aliphatic hydroxyl groups is 1. The zero-order valence-electron chi connectivity index (χ0n) is 22.1. The Bertz CT molecular complexity index is 1390. The minimum Gasteiger partial charge on any atom is -0.507 e. The van der Waals surface area contributed by atoms with Gasteiger partial charge in [-0.05, 0) is 48.2 Å². The molecule has 11 heteroatoms. The molecule has 210 valence electrons. The molecule has 1 aliphatic heterocycles. The first-order chi connectivity index (χ1) is 19.0. The second-order valence-electron chi connectivity index (χ2n) is 9.39. The van der Waals surface area contributed by atoms with Crippen LogP contribution in [0.15, 0.2) is 66.2 Å². The van der Waals surface area contributed by atoms with E-state index in [-0.39, 0.29) is 22.9 Å². The molecule has 0 radical (unpaired) electrons. The lowest BCUT2D eigenvalue weighted by molar-refractivity contribution is -0.274. The Hall–Kier alpha value is -4.25. The van der Waals surface area contributed by atoms with Crippen LogP contribution in [0.25, 0.3) is 5.76 Å². The van der Waals surface area contributed by atoms with Crippen molar-refractivity contribution in [3.63, 3.8) is 0 Å². The summed E-state index contributed by atoms with van der Waals surface area (Å²) >= 11 is 0. The molecule has 1 aromatic heterocycles. The lowest BCUT2D eigenvalue weighted by Gasteiger charge is -2.24. The number of benzene rings is 2. The van der Waals surface area contributed by atoms with Crippen LogP contribution in [0.1, 0.15) is 55.1 Å². The van der Waals surface area contributed by atoms with Crippen LogP contribution in [-0.2, 0) is 20.7 Å². The van der Waals surface area contributed by atoms with Crippen molar-refractivity contribution in [3.8, 4) is 5.75 Å². The van der Waals surface area contributed by atoms with Crippen LogP contribution < -0.4 is 9.64 Å². The second-order valence-corrected chi connectivity index (χ2v) is 9.39. The Morgan fingerprint density at radius 2 is 1.68 bits per heavy atom. The highest BCUT2D eigenvalue weighted by Gasteiger charge is 2.47. The average molecular weight is 556 g/mol. The van der Waals surface area contributed by atoms with Gasteiger partial charge in [0.25, 0.3) is 5.78 Å². The summed E-state index contributed by atoms with van der Waals surface area (Å²) in [6.45, 7) is 6.86. The number of ketones is 1. The number of hydrogen-bond donors (Lipinski definition) is 1.